The first-order valence-electron chi connectivity index (χ1n) is 6.76. The van der Waals surface area contributed by atoms with Gasteiger partial charge in [0.2, 0.25) is 5.82 Å². The second-order valence-corrected chi connectivity index (χ2v) is 5.22. The molecule has 2 heterocycles. The lowest BCUT2D eigenvalue weighted by Crippen LogP contribution is -1.84. The maximum absolute atomic E-state index is 5.33. The smallest absolute Gasteiger partial charge is 0.278 e. The fourth-order valence-corrected chi connectivity index (χ4v) is 2.31. The van der Waals surface area contributed by atoms with Gasteiger partial charge < -0.3 is 4.52 Å². The van der Waals surface area contributed by atoms with Gasteiger partial charge in [-0.15, -0.1) is 0 Å². The van der Waals surface area contributed by atoms with Crippen molar-refractivity contribution in [3.63, 3.8) is 0 Å². The van der Waals surface area contributed by atoms with E-state index in [2.05, 4.69) is 20.3 Å². The standard InChI is InChI=1S/C15H14N4O/c1-9-4-2-3-5-11(9)14-16-15(20-19-14)13-8-12(17-18-13)10-6-7-10/h2-5,8,10H,6-7H2,1H3,(H,17,18). The van der Waals surface area contributed by atoms with Crippen LogP contribution in [0.25, 0.3) is 23.0 Å². The zero-order valence-electron chi connectivity index (χ0n) is 11.1. The van der Waals surface area contributed by atoms with Crippen LogP contribution in [0.15, 0.2) is 34.9 Å². The maximum atomic E-state index is 5.33. The summed E-state index contributed by atoms with van der Waals surface area (Å²) in [5.41, 5.74) is 4.00. The highest BCUT2D eigenvalue weighted by molar-refractivity contribution is 5.61. The quantitative estimate of drug-likeness (QED) is 0.789. The molecule has 0 bridgehead atoms. The van der Waals surface area contributed by atoms with Crippen LogP contribution in [0.2, 0.25) is 0 Å². The number of aromatic amines is 1. The summed E-state index contributed by atoms with van der Waals surface area (Å²) in [6.45, 7) is 2.03. The minimum absolute atomic E-state index is 0.464. The van der Waals surface area contributed by atoms with Crippen LogP contribution in [-0.4, -0.2) is 20.3 Å². The Balaban J connectivity index is 1.68. The number of hydrogen-bond acceptors (Lipinski definition) is 4. The molecule has 0 atom stereocenters. The van der Waals surface area contributed by atoms with Crippen molar-refractivity contribution in [1.82, 2.24) is 20.3 Å². The highest BCUT2D eigenvalue weighted by atomic mass is 16.5. The van der Waals surface area contributed by atoms with Crippen molar-refractivity contribution in [2.75, 3.05) is 0 Å². The number of nitrogens with zero attached hydrogens (tertiary/aromatic N) is 3. The number of aromatic nitrogens is 4. The van der Waals surface area contributed by atoms with Gasteiger partial charge in [-0.1, -0.05) is 29.4 Å². The number of hydrogen-bond donors (Lipinski definition) is 1. The first kappa shape index (κ1) is 11.4. The Bertz CT molecular complexity index is 755. The molecule has 1 N–H and O–H groups in total. The summed E-state index contributed by atoms with van der Waals surface area (Å²) in [5, 5.41) is 11.4. The Morgan fingerprint density at radius 3 is 2.90 bits per heavy atom. The van der Waals surface area contributed by atoms with Crippen LogP contribution in [0.1, 0.15) is 30.0 Å². The zero-order chi connectivity index (χ0) is 13.5. The molecule has 1 aliphatic rings. The third kappa shape index (κ3) is 1.91. The molecule has 0 saturated heterocycles. The summed E-state index contributed by atoms with van der Waals surface area (Å²) in [7, 11) is 0. The van der Waals surface area contributed by atoms with Crippen molar-refractivity contribution in [2.24, 2.45) is 0 Å². The van der Waals surface area contributed by atoms with E-state index in [0.717, 1.165) is 22.5 Å². The molecule has 3 aromatic rings. The van der Waals surface area contributed by atoms with Crippen molar-refractivity contribution in [2.45, 2.75) is 25.7 Å². The van der Waals surface area contributed by atoms with Crippen molar-refractivity contribution in [1.29, 1.82) is 0 Å². The van der Waals surface area contributed by atoms with E-state index in [1.54, 1.807) is 0 Å². The van der Waals surface area contributed by atoms with Crippen molar-refractivity contribution in [3.8, 4) is 23.0 Å². The minimum atomic E-state index is 0.464. The van der Waals surface area contributed by atoms with Crippen LogP contribution >= 0.6 is 0 Å². The van der Waals surface area contributed by atoms with E-state index >= 15 is 0 Å². The number of aryl methyl sites for hydroxylation is 1. The van der Waals surface area contributed by atoms with E-state index in [1.165, 1.54) is 12.8 Å². The maximum Gasteiger partial charge on any atom is 0.278 e. The average molecular weight is 266 g/mol. The van der Waals surface area contributed by atoms with Crippen molar-refractivity contribution >= 4 is 0 Å². The molecule has 1 aromatic carbocycles. The minimum Gasteiger partial charge on any atom is -0.332 e. The molecule has 5 nitrogen and oxygen atoms in total. The van der Waals surface area contributed by atoms with Gasteiger partial charge in [-0.2, -0.15) is 10.1 Å². The highest BCUT2D eigenvalue weighted by Gasteiger charge is 2.26. The van der Waals surface area contributed by atoms with E-state index in [9.17, 15) is 0 Å². The predicted octanol–water partition coefficient (Wildman–Crippen LogP) is 3.31. The fourth-order valence-electron chi connectivity index (χ4n) is 2.31. The van der Waals surface area contributed by atoms with E-state index in [4.69, 9.17) is 4.52 Å². The van der Waals surface area contributed by atoms with Gasteiger partial charge in [0.1, 0.15) is 0 Å². The van der Waals surface area contributed by atoms with Crippen molar-refractivity contribution < 1.29 is 4.52 Å². The summed E-state index contributed by atoms with van der Waals surface area (Å²) in [5.74, 6) is 1.70. The second kappa shape index (κ2) is 4.30. The van der Waals surface area contributed by atoms with Gasteiger partial charge in [0.15, 0.2) is 5.69 Å². The SMILES string of the molecule is Cc1ccccc1-c1noc(-c2cc(C3CC3)[nH]n2)n1. The van der Waals surface area contributed by atoms with Gasteiger partial charge in [0.25, 0.3) is 5.89 Å². The first-order valence-corrected chi connectivity index (χ1v) is 6.76. The third-order valence-electron chi connectivity index (χ3n) is 3.65. The predicted molar refractivity (Wildman–Crippen MR) is 74.0 cm³/mol. The molecule has 20 heavy (non-hydrogen) atoms. The first-order chi connectivity index (χ1) is 9.81. The highest BCUT2D eigenvalue weighted by Crippen LogP contribution is 2.39. The topological polar surface area (TPSA) is 67.6 Å². The van der Waals surface area contributed by atoms with E-state index in [-0.39, 0.29) is 0 Å². The Morgan fingerprint density at radius 1 is 1.25 bits per heavy atom. The summed E-state index contributed by atoms with van der Waals surface area (Å²) < 4.78 is 5.33. The lowest BCUT2D eigenvalue weighted by atomic mass is 10.1. The molecule has 0 spiro atoms. The Kier molecular flexibility index (Phi) is 2.45. The molecule has 5 heteroatoms. The van der Waals surface area contributed by atoms with E-state index < -0.39 is 0 Å². The molecule has 0 radical (unpaired) electrons. The monoisotopic (exact) mass is 266 g/mol. The number of rotatable bonds is 3. The van der Waals surface area contributed by atoms with Crippen LogP contribution in [-0.2, 0) is 0 Å². The van der Waals surface area contributed by atoms with E-state index in [0.29, 0.717) is 17.6 Å². The van der Waals surface area contributed by atoms with Crippen LogP contribution in [0.5, 0.6) is 0 Å². The Labute approximate surface area is 116 Å². The van der Waals surface area contributed by atoms with Gasteiger partial charge in [-0.25, -0.2) is 0 Å². The molecule has 100 valence electrons. The van der Waals surface area contributed by atoms with Gasteiger partial charge in [-0.3, -0.25) is 5.10 Å². The summed E-state index contributed by atoms with van der Waals surface area (Å²) in [6, 6.07) is 10.00. The van der Waals surface area contributed by atoms with Gasteiger partial charge in [-0.05, 0) is 31.4 Å². The molecular weight excluding hydrogens is 252 g/mol. The van der Waals surface area contributed by atoms with Gasteiger partial charge in [0.05, 0.1) is 0 Å². The number of nitrogens with one attached hydrogen (secondary N) is 1. The molecule has 1 saturated carbocycles. The van der Waals surface area contributed by atoms with Crippen molar-refractivity contribution in [3.05, 3.63) is 41.6 Å². The third-order valence-corrected chi connectivity index (χ3v) is 3.65. The fraction of sp³-hybridized carbons (Fsp3) is 0.267. The van der Waals surface area contributed by atoms with Crippen LogP contribution in [0.4, 0.5) is 0 Å². The molecule has 0 aliphatic heterocycles. The van der Waals surface area contributed by atoms with Crippen LogP contribution in [0.3, 0.4) is 0 Å². The molecular formula is C15H14N4O. The zero-order valence-corrected chi connectivity index (χ0v) is 11.1. The molecule has 0 amide bonds. The van der Waals surface area contributed by atoms with Crippen LogP contribution < -0.4 is 0 Å². The molecule has 2 aromatic heterocycles. The number of H-pyrrole nitrogens is 1. The normalized spacial score (nSPS) is 14.7. The summed E-state index contributed by atoms with van der Waals surface area (Å²) in [4.78, 5) is 4.44. The van der Waals surface area contributed by atoms with Gasteiger partial charge in [0, 0.05) is 17.2 Å². The van der Waals surface area contributed by atoms with Gasteiger partial charge >= 0.3 is 0 Å². The Hall–Kier alpha value is -2.43. The largest absolute Gasteiger partial charge is 0.332 e. The lowest BCUT2D eigenvalue weighted by Gasteiger charge is -1.97. The van der Waals surface area contributed by atoms with E-state index in [1.807, 2.05) is 37.3 Å². The summed E-state index contributed by atoms with van der Waals surface area (Å²) >= 11 is 0. The number of benzene rings is 1. The molecule has 0 unspecified atom stereocenters. The van der Waals surface area contributed by atoms with Crippen LogP contribution in [0, 0.1) is 6.92 Å². The second-order valence-electron chi connectivity index (χ2n) is 5.22. The summed E-state index contributed by atoms with van der Waals surface area (Å²) in [6.07, 6.45) is 2.47. The Morgan fingerprint density at radius 2 is 2.10 bits per heavy atom. The molecule has 1 aliphatic carbocycles. The lowest BCUT2D eigenvalue weighted by molar-refractivity contribution is 0.431. The molecule has 4 rings (SSSR count). The average Bonchev–Trinajstić information content (AvgIpc) is 3.01. The molecule has 1 fully saturated rings.